The summed E-state index contributed by atoms with van der Waals surface area (Å²) in [5.41, 5.74) is 3.10. The van der Waals surface area contributed by atoms with Crippen LogP contribution in [-0.2, 0) is 24.5 Å². The monoisotopic (exact) mass is 537 g/mol. The summed E-state index contributed by atoms with van der Waals surface area (Å²) in [6, 6.07) is 30.4. The number of nitrogens with zero attached hydrogens (tertiary/aromatic N) is 3. The Hall–Kier alpha value is -4.11. The van der Waals surface area contributed by atoms with Crippen molar-refractivity contribution in [3.05, 3.63) is 131 Å². The number of hydrogen-bond acceptors (Lipinski definition) is 7. The molecule has 3 aromatic carbocycles. The predicted molar refractivity (Wildman–Crippen MR) is 147 cm³/mol. The van der Waals surface area contributed by atoms with Crippen LogP contribution < -0.4 is 0 Å². The second-order valence-corrected chi connectivity index (χ2v) is 10.4. The third kappa shape index (κ3) is 4.64. The van der Waals surface area contributed by atoms with Gasteiger partial charge in [-0.15, -0.1) is 5.10 Å². The van der Waals surface area contributed by atoms with Crippen LogP contribution in [0.25, 0.3) is 0 Å². The minimum absolute atomic E-state index is 0.00780. The van der Waals surface area contributed by atoms with E-state index in [1.54, 1.807) is 4.68 Å². The minimum atomic E-state index is -0.876. The lowest BCUT2D eigenvalue weighted by Crippen LogP contribution is -2.35. The predicted octanol–water partition coefficient (Wildman–Crippen LogP) is 5.07. The van der Waals surface area contributed by atoms with Gasteiger partial charge in [-0.1, -0.05) is 97.1 Å². The van der Waals surface area contributed by atoms with Crippen molar-refractivity contribution in [2.75, 3.05) is 13.7 Å². The van der Waals surface area contributed by atoms with Crippen molar-refractivity contribution in [2.24, 2.45) is 0 Å². The van der Waals surface area contributed by atoms with E-state index in [0.29, 0.717) is 0 Å². The van der Waals surface area contributed by atoms with Crippen LogP contribution in [0.5, 0.6) is 0 Å². The molecule has 0 saturated carbocycles. The summed E-state index contributed by atoms with van der Waals surface area (Å²) in [6.45, 7) is 4.06. The van der Waals surface area contributed by atoms with Gasteiger partial charge in [-0.3, -0.25) is 0 Å². The number of rotatable bonds is 8. The molecule has 0 amide bonds. The third-order valence-corrected chi connectivity index (χ3v) is 7.39. The molecular weight excluding hydrogens is 506 g/mol. The Morgan fingerprint density at radius 3 is 1.98 bits per heavy atom. The lowest BCUT2D eigenvalue weighted by Gasteiger charge is -2.36. The highest BCUT2D eigenvalue weighted by molar-refractivity contribution is 5.84. The molecule has 6 rings (SSSR count). The van der Waals surface area contributed by atoms with Gasteiger partial charge in [-0.2, -0.15) is 0 Å². The fourth-order valence-corrected chi connectivity index (χ4v) is 5.66. The summed E-state index contributed by atoms with van der Waals surface area (Å²) >= 11 is 0. The van der Waals surface area contributed by atoms with Crippen molar-refractivity contribution in [1.82, 2.24) is 14.8 Å². The number of fused-ring (bicyclic) bond motifs is 1. The highest BCUT2D eigenvalue weighted by atomic mass is 16.8. The van der Waals surface area contributed by atoms with Crippen LogP contribution >= 0.6 is 0 Å². The fourth-order valence-electron chi connectivity index (χ4n) is 5.66. The van der Waals surface area contributed by atoms with Crippen molar-refractivity contribution in [3.8, 4) is 0 Å². The Balaban J connectivity index is 1.41. The highest BCUT2D eigenvalue weighted by Gasteiger charge is 2.51. The van der Waals surface area contributed by atoms with Crippen LogP contribution in [-0.4, -0.2) is 52.4 Å². The van der Waals surface area contributed by atoms with E-state index in [1.807, 2.05) is 74.5 Å². The Kier molecular flexibility index (Phi) is 6.83. The molecule has 3 atom stereocenters. The fraction of sp³-hybridized carbons (Fsp3) is 0.281. The quantitative estimate of drug-likeness (QED) is 0.176. The van der Waals surface area contributed by atoms with Crippen LogP contribution in [0.2, 0.25) is 0 Å². The number of carbonyl (C=O) groups excluding carboxylic acids is 1. The lowest BCUT2D eigenvalue weighted by molar-refractivity contribution is -0.149. The molecule has 0 spiro atoms. The lowest BCUT2D eigenvalue weighted by atomic mass is 9.80. The zero-order valence-corrected chi connectivity index (χ0v) is 22.6. The first-order chi connectivity index (χ1) is 19.4. The van der Waals surface area contributed by atoms with Crippen molar-refractivity contribution in [3.63, 3.8) is 0 Å². The summed E-state index contributed by atoms with van der Waals surface area (Å²) in [5.74, 6) is -1.40. The number of benzene rings is 3. The molecule has 204 valence electrons. The van der Waals surface area contributed by atoms with Gasteiger partial charge in [-0.05, 0) is 36.1 Å². The maximum atomic E-state index is 12.0. The molecule has 1 aliphatic heterocycles. The van der Waals surface area contributed by atoms with E-state index < -0.39 is 17.4 Å². The Morgan fingerprint density at radius 2 is 1.45 bits per heavy atom. The van der Waals surface area contributed by atoms with Crippen molar-refractivity contribution >= 4 is 5.97 Å². The minimum Gasteiger partial charge on any atom is -0.463 e. The van der Waals surface area contributed by atoms with Gasteiger partial charge >= 0.3 is 5.97 Å². The van der Waals surface area contributed by atoms with E-state index in [-0.39, 0.29) is 30.7 Å². The summed E-state index contributed by atoms with van der Waals surface area (Å²) < 4.78 is 26.2. The standard InChI is InChI=1S/C32H31N3O5/c1-31(2)39-27-22(19-26(28(27)40-31)35-21-33-29(34-35)30(36)37-3)20-38-32(23-13-7-4-8-14-23,24-15-9-5-10-16-24)25-17-11-6-12-18-25/h4-19,21,26-28H,20H2,1-3H3/t26-,27-,28+/m1/s1. The maximum absolute atomic E-state index is 12.0. The number of aromatic nitrogens is 3. The van der Waals surface area contributed by atoms with Crippen LogP contribution in [0, 0.1) is 0 Å². The van der Waals surface area contributed by atoms with Crippen molar-refractivity contribution < 1.29 is 23.7 Å². The molecule has 0 N–H and O–H groups in total. The third-order valence-electron chi connectivity index (χ3n) is 7.39. The normalized spacial score (nSPS) is 21.6. The van der Waals surface area contributed by atoms with Crippen LogP contribution in [0.4, 0.5) is 0 Å². The maximum Gasteiger partial charge on any atom is 0.377 e. The molecule has 0 bridgehead atoms. The van der Waals surface area contributed by atoms with Crippen LogP contribution in [0.3, 0.4) is 0 Å². The van der Waals surface area contributed by atoms with E-state index in [9.17, 15) is 4.79 Å². The van der Waals surface area contributed by atoms with Gasteiger partial charge in [0.05, 0.1) is 13.7 Å². The zero-order chi connectivity index (χ0) is 27.7. The van der Waals surface area contributed by atoms with Crippen molar-refractivity contribution in [1.29, 1.82) is 0 Å². The topological polar surface area (TPSA) is 84.7 Å². The Morgan fingerprint density at radius 1 is 0.900 bits per heavy atom. The number of ether oxygens (including phenoxy) is 4. The van der Waals surface area contributed by atoms with Gasteiger partial charge in [0, 0.05) is 0 Å². The van der Waals surface area contributed by atoms with E-state index in [4.69, 9.17) is 18.9 Å². The summed E-state index contributed by atoms with van der Waals surface area (Å²) in [6.07, 6.45) is 2.85. The Labute approximate surface area is 233 Å². The van der Waals surface area contributed by atoms with Crippen LogP contribution in [0.15, 0.2) is 109 Å². The molecule has 1 fully saturated rings. The van der Waals surface area contributed by atoms with Gasteiger partial charge < -0.3 is 18.9 Å². The first-order valence-electron chi connectivity index (χ1n) is 13.3. The second kappa shape index (κ2) is 10.5. The highest BCUT2D eigenvalue weighted by Crippen LogP contribution is 2.45. The molecule has 1 saturated heterocycles. The molecule has 8 nitrogen and oxygen atoms in total. The first kappa shape index (κ1) is 26.1. The van der Waals surface area contributed by atoms with Gasteiger partial charge in [0.2, 0.25) is 0 Å². The number of esters is 1. The van der Waals surface area contributed by atoms with Gasteiger partial charge in [0.1, 0.15) is 30.2 Å². The first-order valence-corrected chi connectivity index (χ1v) is 13.3. The number of carbonyl (C=O) groups is 1. The SMILES string of the molecule is COC(=O)c1ncn([C@@H]2C=C(COC(c3ccccc3)(c3ccccc3)c3ccccc3)[C@H]3OC(C)(C)O[C@H]32)n1. The van der Waals surface area contributed by atoms with Gasteiger partial charge in [-0.25, -0.2) is 14.5 Å². The van der Waals surface area contributed by atoms with Crippen LogP contribution in [0.1, 0.15) is 47.2 Å². The van der Waals surface area contributed by atoms with Crippen molar-refractivity contribution in [2.45, 2.75) is 43.5 Å². The molecule has 2 heterocycles. The van der Waals surface area contributed by atoms with E-state index in [0.717, 1.165) is 22.3 Å². The molecule has 1 aromatic heterocycles. The summed E-state index contributed by atoms with van der Waals surface area (Å²) in [7, 11) is 1.30. The molecule has 0 radical (unpaired) electrons. The largest absolute Gasteiger partial charge is 0.463 e. The molecule has 40 heavy (non-hydrogen) atoms. The molecule has 1 aliphatic carbocycles. The smallest absolute Gasteiger partial charge is 0.377 e. The average Bonchev–Trinajstić information content (AvgIpc) is 3.68. The van der Waals surface area contributed by atoms with Gasteiger partial charge in [0.15, 0.2) is 5.79 Å². The molecule has 4 aromatic rings. The zero-order valence-electron chi connectivity index (χ0n) is 22.6. The Bertz CT molecular complexity index is 1400. The number of hydrogen-bond donors (Lipinski definition) is 0. The molecule has 8 heteroatoms. The summed E-state index contributed by atoms with van der Waals surface area (Å²) in [5, 5.41) is 4.37. The molecule has 0 unspecified atom stereocenters. The summed E-state index contributed by atoms with van der Waals surface area (Å²) in [4.78, 5) is 16.1. The van der Waals surface area contributed by atoms with E-state index in [1.165, 1.54) is 13.4 Å². The average molecular weight is 538 g/mol. The molecule has 2 aliphatic rings. The van der Waals surface area contributed by atoms with Gasteiger partial charge in [0.25, 0.3) is 5.82 Å². The van der Waals surface area contributed by atoms with E-state index in [2.05, 4.69) is 46.5 Å². The molecular formula is C32H31N3O5. The van der Waals surface area contributed by atoms with E-state index >= 15 is 0 Å². The second-order valence-electron chi connectivity index (χ2n) is 10.4. The number of methoxy groups -OCH3 is 1.